The molecule has 2 aromatic rings. The molecule has 4 rings (SSSR count). The number of amides is 1. The summed E-state index contributed by atoms with van der Waals surface area (Å²) >= 11 is 6.14. The van der Waals surface area contributed by atoms with E-state index in [-0.39, 0.29) is 17.9 Å². The van der Waals surface area contributed by atoms with E-state index in [0.29, 0.717) is 23.2 Å². The summed E-state index contributed by atoms with van der Waals surface area (Å²) in [6, 6.07) is 7.39. The zero-order chi connectivity index (χ0) is 17.6. The van der Waals surface area contributed by atoms with Crippen LogP contribution in [0, 0.1) is 0 Å². The second-order valence-corrected chi connectivity index (χ2v) is 7.57. The van der Waals surface area contributed by atoms with Crippen LogP contribution in [0.25, 0.3) is 0 Å². The molecule has 1 saturated carbocycles. The van der Waals surface area contributed by atoms with Gasteiger partial charge in [-0.25, -0.2) is 0 Å². The molecular weight excluding hydrogens is 340 g/mol. The summed E-state index contributed by atoms with van der Waals surface area (Å²) in [6.07, 6.45) is 4.24. The van der Waals surface area contributed by atoms with E-state index in [1.54, 1.807) is 11.9 Å². The molecule has 2 fully saturated rings. The van der Waals surface area contributed by atoms with Crippen molar-refractivity contribution in [1.29, 1.82) is 0 Å². The maximum atomic E-state index is 12.3. The molecule has 0 bridgehead atoms. The van der Waals surface area contributed by atoms with Gasteiger partial charge in [0.1, 0.15) is 0 Å². The van der Waals surface area contributed by atoms with Crippen LogP contribution in [0.3, 0.4) is 0 Å². The minimum atomic E-state index is -0.498. The summed E-state index contributed by atoms with van der Waals surface area (Å²) in [4.78, 5) is 18.7. The molecule has 1 aromatic heterocycles. The molecule has 0 spiro atoms. The average molecular weight is 361 g/mol. The molecule has 7 heteroatoms. The van der Waals surface area contributed by atoms with Gasteiger partial charge in [0.05, 0.1) is 17.5 Å². The standard InChI is InChI=1S/C18H21ClN4O2/c1-23-14(24)10-13(15(23)11-5-4-6-12(19)9-11)16-21-17(22-25-16)18(20)7-2-3-8-18/h4-6,9,13,15H,2-3,7-8,10,20H2,1H3. The van der Waals surface area contributed by atoms with Gasteiger partial charge in [-0.15, -0.1) is 0 Å². The number of nitrogens with zero attached hydrogens (tertiary/aromatic N) is 3. The van der Waals surface area contributed by atoms with Gasteiger partial charge in [0.15, 0.2) is 5.82 Å². The molecule has 2 atom stereocenters. The molecule has 2 heterocycles. The van der Waals surface area contributed by atoms with E-state index in [1.807, 2.05) is 24.3 Å². The van der Waals surface area contributed by atoms with E-state index in [2.05, 4.69) is 10.1 Å². The van der Waals surface area contributed by atoms with Crippen LogP contribution in [0.5, 0.6) is 0 Å². The van der Waals surface area contributed by atoms with Crippen molar-refractivity contribution in [2.75, 3.05) is 7.05 Å². The lowest BCUT2D eigenvalue weighted by Crippen LogP contribution is -2.34. The Morgan fingerprint density at radius 3 is 2.84 bits per heavy atom. The first kappa shape index (κ1) is 16.5. The zero-order valence-corrected chi connectivity index (χ0v) is 14.9. The smallest absolute Gasteiger partial charge is 0.232 e. The third-order valence-electron chi connectivity index (χ3n) is 5.48. The van der Waals surface area contributed by atoms with Crippen molar-refractivity contribution in [2.45, 2.75) is 49.6 Å². The van der Waals surface area contributed by atoms with Crippen molar-refractivity contribution in [3.05, 3.63) is 46.6 Å². The van der Waals surface area contributed by atoms with Crippen LogP contribution in [0.2, 0.25) is 5.02 Å². The van der Waals surface area contributed by atoms with Crippen molar-refractivity contribution in [3.63, 3.8) is 0 Å². The lowest BCUT2D eigenvalue weighted by molar-refractivity contribution is -0.127. The number of likely N-dealkylation sites (tertiary alicyclic amines) is 1. The molecular formula is C18H21ClN4O2. The predicted octanol–water partition coefficient (Wildman–Crippen LogP) is 3.14. The van der Waals surface area contributed by atoms with Gasteiger partial charge in [-0.05, 0) is 30.5 Å². The van der Waals surface area contributed by atoms with E-state index in [4.69, 9.17) is 21.9 Å². The van der Waals surface area contributed by atoms with Crippen LogP contribution < -0.4 is 5.73 Å². The number of rotatable bonds is 3. The fourth-order valence-electron chi connectivity index (χ4n) is 4.06. The summed E-state index contributed by atoms with van der Waals surface area (Å²) in [6.45, 7) is 0. The van der Waals surface area contributed by atoms with Gasteiger partial charge in [0.2, 0.25) is 11.8 Å². The Morgan fingerprint density at radius 2 is 2.12 bits per heavy atom. The number of nitrogens with two attached hydrogens (primary N) is 1. The SMILES string of the molecule is CN1C(=O)CC(c2nc(C3(N)CCCC3)no2)C1c1cccc(Cl)c1. The van der Waals surface area contributed by atoms with E-state index >= 15 is 0 Å². The molecule has 1 aliphatic carbocycles. The van der Waals surface area contributed by atoms with Crippen molar-refractivity contribution < 1.29 is 9.32 Å². The number of likely N-dealkylation sites (N-methyl/N-ethyl adjacent to an activating group) is 1. The van der Waals surface area contributed by atoms with Gasteiger partial charge in [0, 0.05) is 18.5 Å². The van der Waals surface area contributed by atoms with Crippen LogP contribution in [-0.4, -0.2) is 28.0 Å². The first-order valence-corrected chi connectivity index (χ1v) is 9.00. The predicted molar refractivity (Wildman–Crippen MR) is 93.0 cm³/mol. The Bertz CT molecular complexity index is 800. The van der Waals surface area contributed by atoms with Crippen molar-refractivity contribution in [2.24, 2.45) is 5.73 Å². The second-order valence-electron chi connectivity index (χ2n) is 7.13. The lowest BCUT2D eigenvalue weighted by atomic mass is 9.93. The molecule has 2 unspecified atom stereocenters. The van der Waals surface area contributed by atoms with Crippen LogP contribution in [0.4, 0.5) is 0 Å². The molecule has 1 amide bonds. The molecule has 6 nitrogen and oxygen atoms in total. The third-order valence-corrected chi connectivity index (χ3v) is 5.71. The first-order chi connectivity index (χ1) is 12.0. The minimum absolute atomic E-state index is 0.0538. The Morgan fingerprint density at radius 1 is 1.36 bits per heavy atom. The lowest BCUT2D eigenvalue weighted by Gasteiger charge is -2.24. The second kappa shape index (κ2) is 6.11. The van der Waals surface area contributed by atoms with Crippen LogP contribution in [-0.2, 0) is 10.3 Å². The monoisotopic (exact) mass is 360 g/mol. The Hall–Kier alpha value is -1.92. The van der Waals surface area contributed by atoms with Crippen LogP contribution in [0.1, 0.15) is 61.3 Å². The van der Waals surface area contributed by atoms with E-state index < -0.39 is 5.54 Å². The fourth-order valence-corrected chi connectivity index (χ4v) is 4.25. The maximum Gasteiger partial charge on any atom is 0.232 e. The van der Waals surface area contributed by atoms with Crippen molar-refractivity contribution in [1.82, 2.24) is 15.0 Å². The highest BCUT2D eigenvalue weighted by molar-refractivity contribution is 6.30. The fraction of sp³-hybridized carbons (Fsp3) is 0.500. The largest absolute Gasteiger partial charge is 0.339 e. The van der Waals surface area contributed by atoms with Gasteiger partial charge in [-0.3, -0.25) is 4.79 Å². The molecule has 25 heavy (non-hydrogen) atoms. The van der Waals surface area contributed by atoms with Crippen LogP contribution >= 0.6 is 11.6 Å². The molecule has 2 aliphatic rings. The Balaban J connectivity index is 1.68. The highest BCUT2D eigenvalue weighted by Gasteiger charge is 2.44. The van der Waals surface area contributed by atoms with Gasteiger partial charge in [0.25, 0.3) is 0 Å². The zero-order valence-electron chi connectivity index (χ0n) is 14.1. The van der Waals surface area contributed by atoms with E-state index in [0.717, 1.165) is 31.2 Å². The van der Waals surface area contributed by atoms with Gasteiger partial charge >= 0.3 is 0 Å². The number of aromatic nitrogens is 2. The molecule has 132 valence electrons. The van der Waals surface area contributed by atoms with E-state index in [1.165, 1.54) is 0 Å². The topological polar surface area (TPSA) is 85.2 Å². The molecule has 1 saturated heterocycles. The third kappa shape index (κ3) is 2.83. The van der Waals surface area contributed by atoms with Gasteiger partial charge < -0.3 is 15.2 Å². The molecule has 0 radical (unpaired) electrons. The number of carbonyl (C=O) groups excluding carboxylic acids is 1. The summed E-state index contributed by atoms with van der Waals surface area (Å²) in [5.41, 5.74) is 6.90. The average Bonchev–Trinajstić information content (AvgIpc) is 3.29. The summed E-state index contributed by atoms with van der Waals surface area (Å²) in [7, 11) is 1.80. The molecule has 1 aromatic carbocycles. The number of benzene rings is 1. The number of carbonyl (C=O) groups is 1. The quantitative estimate of drug-likeness (QED) is 0.908. The van der Waals surface area contributed by atoms with Crippen LogP contribution in [0.15, 0.2) is 28.8 Å². The van der Waals surface area contributed by atoms with E-state index in [9.17, 15) is 4.79 Å². The minimum Gasteiger partial charge on any atom is -0.339 e. The highest BCUT2D eigenvalue weighted by atomic mass is 35.5. The van der Waals surface area contributed by atoms with Gasteiger partial charge in [-0.2, -0.15) is 4.98 Å². The summed E-state index contributed by atoms with van der Waals surface area (Å²) in [5, 5.41) is 4.78. The summed E-state index contributed by atoms with van der Waals surface area (Å²) in [5.74, 6) is 0.904. The maximum absolute atomic E-state index is 12.3. The number of halogens is 1. The number of hydrogen-bond donors (Lipinski definition) is 1. The number of hydrogen-bond acceptors (Lipinski definition) is 5. The Labute approximate surface area is 151 Å². The highest BCUT2D eigenvalue weighted by Crippen LogP contribution is 2.44. The van der Waals surface area contributed by atoms with Crippen molar-refractivity contribution in [3.8, 4) is 0 Å². The molecule has 2 N–H and O–H groups in total. The first-order valence-electron chi connectivity index (χ1n) is 8.62. The Kier molecular flexibility index (Phi) is 4.04. The van der Waals surface area contributed by atoms with Gasteiger partial charge in [-0.1, -0.05) is 41.7 Å². The molecule has 1 aliphatic heterocycles. The summed E-state index contributed by atoms with van der Waals surface area (Å²) < 4.78 is 5.55. The van der Waals surface area contributed by atoms with Crippen molar-refractivity contribution >= 4 is 17.5 Å². The normalized spacial score (nSPS) is 25.7.